The number of aliphatic imine (C=N–C) groups is 1. The summed E-state index contributed by atoms with van der Waals surface area (Å²) in [5.41, 5.74) is 4.12. The van der Waals surface area contributed by atoms with E-state index in [9.17, 15) is 4.79 Å². The van der Waals surface area contributed by atoms with Gasteiger partial charge in [0.15, 0.2) is 0 Å². The maximum Gasteiger partial charge on any atom is 0.341 e. The topological polar surface area (TPSA) is 47.9 Å². The van der Waals surface area contributed by atoms with E-state index in [1.807, 2.05) is 68.4 Å². The lowest BCUT2D eigenvalue weighted by Gasteiger charge is -2.13. The predicted molar refractivity (Wildman–Crippen MR) is 107 cm³/mol. The van der Waals surface area contributed by atoms with Gasteiger partial charge in [-0.05, 0) is 49.2 Å². The Morgan fingerprint density at radius 3 is 2.11 bits per heavy atom. The van der Waals surface area contributed by atoms with E-state index in [0.717, 1.165) is 22.4 Å². The number of carbonyl (C=O) groups is 1. The molecule has 0 aliphatic carbocycles. The van der Waals surface area contributed by atoms with Crippen LogP contribution >= 0.6 is 0 Å². The second-order valence-electron chi connectivity index (χ2n) is 6.11. The molecule has 0 aliphatic rings. The zero-order valence-corrected chi connectivity index (χ0v) is 15.6. The number of hydrogen-bond acceptors (Lipinski definition) is 4. The molecule has 0 heterocycles. The minimum absolute atomic E-state index is 0.352. The van der Waals surface area contributed by atoms with Crippen molar-refractivity contribution in [2.75, 3.05) is 7.11 Å². The summed E-state index contributed by atoms with van der Waals surface area (Å²) in [6.45, 7) is 4.02. The van der Waals surface area contributed by atoms with Gasteiger partial charge >= 0.3 is 5.97 Å². The van der Waals surface area contributed by atoms with Gasteiger partial charge in [-0.3, -0.25) is 0 Å². The highest BCUT2D eigenvalue weighted by atomic mass is 16.5. The molecular weight excluding hydrogens is 338 g/mol. The summed E-state index contributed by atoms with van der Waals surface area (Å²) >= 11 is 0. The molecule has 3 rings (SSSR count). The Hall–Kier alpha value is -3.40. The van der Waals surface area contributed by atoms with Crippen LogP contribution in [0.3, 0.4) is 0 Å². The first kappa shape index (κ1) is 18.4. The minimum atomic E-state index is -0.454. The van der Waals surface area contributed by atoms with Crippen molar-refractivity contribution in [1.29, 1.82) is 0 Å². The highest BCUT2D eigenvalue weighted by molar-refractivity contribution is 6.00. The fourth-order valence-electron chi connectivity index (χ4n) is 2.75. The third-order valence-corrected chi connectivity index (χ3v) is 4.17. The van der Waals surface area contributed by atoms with E-state index in [4.69, 9.17) is 14.5 Å². The Kier molecular flexibility index (Phi) is 5.67. The smallest absolute Gasteiger partial charge is 0.341 e. The summed E-state index contributed by atoms with van der Waals surface area (Å²) in [4.78, 5) is 16.9. The first-order valence-corrected chi connectivity index (χ1v) is 8.65. The van der Waals surface area contributed by atoms with Gasteiger partial charge in [0, 0.05) is 5.56 Å². The molecule has 0 atom stereocenters. The van der Waals surface area contributed by atoms with Crippen molar-refractivity contribution in [3.05, 3.63) is 95.1 Å². The number of rotatable bonds is 4. The van der Waals surface area contributed by atoms with Crippen molar-refractivity contribution in [3.8, 4) is 5.75 Å². The molecule has 27 heavy (non-hydrogen) atoms. The number of hydrogen-bond donors (Lipinski definition) is 0. The van der Waals surface area contributed by atoms with Crippen molar-refractivity contribution in [2.45, 2.75) is 13.8 Å². The average molecular weight is 359 g/mol. The Morgan fingerprint density at radius 2 is 1.44 bits per heavy atom. The predicted octanol–water partition coefficient (Wildman–Crippen LogP) is 5.25. The molecule has 0 unspecified atom stereocenters. The summed E-state index contributed by atoms with van der Waals surface area (Å²) in [7, 11) is 1.35. The fourth-order valence-corrected chi connectivity index (χ4v) is 2.75. The number of ether oxygens (including phenoxy) is 2. The number of methoxy groups -OCH3 is 1. The van der Waals surface area contributed by atoms with Gasteiger partial charge in [-0.2, -0.15) is 0 Å². The van der Waals surface area contributed by atoms with Crippen LogP contribution in [0.15, 0.2) is 77.8 Å². The molecule has 4 nitrogen and oxygen atoms in total. The molecule has 136 valence electrons. The molecular formula is C23H21NO3. The Balaban J connectivity index is 2.11. The molecule has 0 radical (unpaired) electrons. The van der Waals surface area contributed by atoms with Crippen LogP contribution in [0, 0.1) is 13.8 Å². The van der Waals surface area contributed by atoms with Gasteiger partial charge in [0.1, 0.15) is 11.3 Å². The van der Waals surface area contributed by atoms with E-state index in [0.29, 0.717) is 17.2 Å². The summed E-state index contributed by atoms with van der Waals surface area (Å²) in [5, 5.41) is 0. The minimum Gasteiger partial charge on any atom is -0.465 e. The Morgan fingerprint density at radius 1 is 0.815 bits per heavy atom. The van der Waals surface area contributed by atoms with E-state index in [1.165, 1.54) is 7.11 Å². The van der Waals surface area contributed by atoms with Gasteiger partial charge in [0.05, 0.1) is 12.8 Å². The number of esters is 1. The van der Waals surface area contributed by atoms with E-state index < -0.39 is 5.97 Å². The van der Waals surface area contributed by atoms with Crippen molar-refractivity contribution in [3.63, 3.8) is 0 Å². The van der Waals surface area contributed by atoms with Gasteiger partial charge in [0.2, 0.25) is 5.90 Å². The van der Waals surface area contributed by atoms with E-state index in [-0.39, 0.29) is 0 Å². The second kappa shape index (κ2) is 8.32. The highest BCUT2D eigenvalue weighted by Crippen LogP contribution is 2.26. The molecule has 0 N–H and O–H groups in total. The lowest BCUT2D eigenvalue weighted by Crippen LogP contribution is -2.13. The number of carbonyl (C=O) groups excluding carboxylic acids is 1. The van der Waals surface area contributed by atoms with Gasteiger partial charge in [-0.25, -0.2) is 9.79 Å². The quantitative estimate of drug-likeness (QED) is 0.363. The van der Waals surface area contributed by atoms with E-state index in [2.05, 4.69) is 0 Å². The first-order chi connectivity index (χ1) is 13.1. The molecule has 0 spiro atoms. The number of aryl methyl sites for hydroxylation is 2. The maximum absolute atomic E-state index is 12.1. The molecule has 4 heteroatoms. The summed E-state index contributed by atoms with van der Waals surface area (Å²) in [5.74, 6) is 0.368. The molecule has 0 bridgehead atoms. The first-order valence-electron chi connectivity index (χ1n) is 8.65. The van der Waals surface area contributed by atoms with Crippen molar-refractivity contribution in [2.24, 2.45) is 4.99 Å². The van der Waals surface area contributed by atoms with Crippen LogP contribution in [0.1, 0.15) is 27.0 Å². The number of nitrogens with zero attached hydrogens (tertiary/aromatic N) is 1. The standard InChI is InChI=1S/C23H21NO3/c1-16-10-9-11-17(2)21(16)24-22(18-12-5-4-6-13-18)27-20-15-8-7-14-19(20)23(25)26-3/h4-15H,1-3H3. The third kappa shape index (κ3) is 4.23. The zero-order valence-electron chi connectivity index (χ0n) is 15.6. The van der Waals surface area contributed by atoms with Crippen LogP contribution in [0.4, 0.5) is 5.69 Å². The fraction of sp³-hybridized carbons (Fsp3) is 0.130. The monoisotopic (exact) mass is 359 g/mol. The van der Waals surface area contributed by atoms with Gasteiger partial charge in [-0.1, -0.05) is 48.5 Å². The number of benzene rings is 3. The summed E-state index contributed by atoms with van der Waals surface area (Å²) in [6.07, 6.45) is 0. The van der Waals surface area contributed by atoms with E-state index in [1.54, 1.807) is 18.2 Å². The van der Waals surface area contributed by atoms with E-state index >= 15 is 0 Å². The largest absolute Gasteiger partial charge is 0.465 e. The van der Waals surface area contributed by atoms with Crippen LogP contribution in [0.25, 0.3) is 0 Å². The maximum atomic E-state index is 12.1. The van der Waals surface area contributed by atoms with Gasteiger partial charge in [-0.15, -0.1) is 0 Å². The van der Waals surface area contributed by atoms with Crippen LogP contribution in [0.2, 0.25) is 0 Å². The van der Waals surface area contributed by atoms with Crippen LogP contribution in [-0.4, -0.2) is 19.0 Å². The zero-order chi connectivity index (χ0) is 19.2. The molecule has 0 aliphatic heterocycles. The Bertz CT molecular complexity index is 958. The molecule has 3 aromatic carbocycles. The van der Waals surface area contributed by atoms with Crippen LogP contribution in [0.5, 0.6) is 5.75 Å². The van der Waals surface area contributed by atoms with Gasteiger partial charge < -0.3 is 9.47 Å². The molecule has 0 fully saturated rings. The molecule has 0 saturated carbocycles. The molecule has 0 saturated heterocycles. The van der Waals surface area contributed by atoms with Crippen molar-refractivity contribution >= 4 is 17.6 Å². The lowest BCUT2D eigenvalue weighted by molar-refractivity contribution is 0.0598. The van der Waals surface area contributed by atoms with Gasteiger partial charge in [0.25, 0.3) is 0 Å². The molecule has 0 amide bonds. The SMILES string of the molecule is COC(=O)c1ccccc1OC(=Nc1c(C)cccc1C)c1ccccc1. The summed E-state index contributed by atoms with van der Waals surface area (Å²) < 4.78 is 11.0. The normalized spacial score (nSPS) is 11.1. The van der Waals surface area contributed by atoms with Crippen molar-refractivity contribution in [1.82, 2.24) is 0 Å². The van der Waals surface area contributed by atoms with Crippen LogP contribution < -0.4 is 4.74 Å². The number of para-hydroxylation sites is 2. The van der Waals surface area contributed by atoms with Crippen molar-refractivity contribution < 1.29 is 14.3 Å². The molecule has 0 aromatic heterocycles. The van der Waals surface area contributed by atoms with Crippen LogP contribution in [-0.2, 0) is 4.74 Å². The highest BCUT2D eigenvalue weighted by Gasteiger charge is 2.16. The molecule has 3 aromatic rings. The third-order valence-electron chi connectivity index (χ3n) is 4.17. The second-order valence-corrected chi connectivity index (χ2v) is 6.11. The Labute approximate surface area is 159 Å². The average Bonchev–Trinajstić information content (AvgIpc) is 2.70. The lowest BCUT2D eigenvalue weighted by atomic mass is 10.1. The summed E-state index contributed by atoms with van der Waals surface area (Å²) in [6, 6.07) is 22.6.